The van der Waals surface area contributed by atoms with E-state index in [1.165, 1.54) is 12.1 Å². The lowest BCUT2D eigenvalue weighted by Gasteiger charge is -2.06. The van der Waals surface area contributed by atoms with Gasteiger partial charge in [-0.05, 0) is 19.1 Å². The highest BCUT2D eigenvalue weighted by molar-refractivity contribution is 5.61. The standard InChI is InChI=1S/C12H7F4N/c1-6-3-2-4-9(17-6)10-7(13)5-8(14)11(15)12(10)16/h2-5H,1H3. The van der Waals surface area contributed by atoms with Crippen LogP contribution in [0.2, 0.25) is 0 Å². The normalized spacial score (nSPS) is 10.6. The predicted molar refractivity (Wildman–Crippen MR) is 54.2 cm³/mol. The molecule has 1 nitrogen and oxygen atoms in total. The van der Waals surface area contributed by atoms with Crippen LogP contribution in [0, 0.1) is 30.2 Å². The van der Waals surface area contributed by atoms with Crippen LogP contribution in [0.15, 0.2) is 24.3 Å². The number of benzene rings is 1. The molecule has 0 radical (unpaired) electrons. The zero-order valence-electron chi connectivity index (χ0n) is 8.77. The lowest BCUT2D eigenvalue weighted by atomic mass is 10.1. The molecule has 1 aromatic carbocycles. The summed E-state index contributed by atoms with van der Waals surface area (Å²) < 4.78 is 52.6. The zero-order chi connectivity index (χ0) is 12.6. The fourth-order valence-corrected chi connectivity index (χ4v) is 1.48. The molecule has 2 rings (SSSR count). The molecule has 17 heavy (non-hydrogen) atoms. The molecule has 0 fully saturated rings. The molecule has 1 aromatic heterocycles. The van der Waals surface area contributed by atoms with E-state index in [2.05, 4.69) is 4.98 Å². The van der Waals surface area contributed by atoms with E-state index in [0.29, 0.717) is 11.8 Å². The Morgan fingerprint density at radius 3 is 2.29 bits per heavy atom. The van der Waals surface area contributed by atoms with Crippen molar-refractivity contribution in [2.24, 2.45) is 0 Å². The SMILES string of the molecule is Cc1cccc(-c2c(F)cc(F)c(F)c2F)n1. The first kappa shape index (κ1) is 11.6. The molecular formula is C12H7F4N. The smallest absolute Gasteiger partial charge is 0.195 e. The fraction of sp³-hybridized carbons (Fsp3) is 0.0833. The van der Waals surface area contributed by atoms with Crippen molar-refractivity contribution in [3.63, 3.8) is 0 Å². The maximum atomic E-state index is 13.4. The molecule has 0 unspecified atom stereocenters. The average molecular weight is 241 g/mol. The van der Waals surface area contributed by atoms with Gasteiger partial charge in [0.15, 0.2) is 17.5 Å². The minimum atomic E-state index is -1.70. The number of rotatable bonds is 1. The van der Waals surface area contributed by atoms with Crippen molar-refractivity contribution in [2.45, 2.75) is 6.92 Å². The third-order valence-electron chi connectivity index (χ3n) is 2.26. The topological polar surface area (TPSA) is 12.9 Å². The van der Waals surface area contributed by atoms with Crippen molar-refractivity contribution in [1.82, 2.24) is 4.98 Å². The second kappa shape index (κ2) is 4.16. The van der Waals surface area contributed by atoms with Crippen LogP contribution in [0.1, 0.15) is 5.69 Å². The fourth-order valence-electron chi connectivity index (χ4n) is 1.48. The van der Waals surface area contributed by atoms with Gasteiger partial charge >= 0.3 is 0 Å². The van der Waals surface area contributed by atoms with E-state index in [0.717, 1.165) is 0 Å². The molecule has 0 aliphatic carbocycles. The summed E-state index contributed by atoms with van der Waals surface area (Å²) in [5, 5.41) is 0. The maximum Gasteiger partial charge on any atom is 0.195 e. The number of pyridine rings is 1. The van der Waals surface area contributed by atoms with Crippen LogP contribution in [0.4, 0.5) is 17.6 Å². The molecule has 0 spiro atoms. The third-order valence-corrected chi connectivity index (χ3v) is 2.26. The number of aromatic nitrogens is 1. The van der Waals surface area contributed by atoms with Gasteiger partial charge in [-0.25, -0.2) is 17.6 Å². The Bertz CT molecular complexity index is 581. The maximum absolute atomic E-state index is 13.4. The van der Waals surface area contributed by atoms with E-state index in [-0.39, 0.29) is 5.69 Å². The lowest BCUT2D eigenvalue weighted by molar-refractivity contribution is 0.437. The van der Waals surface area contributed by atoms with Crippen molar-refractivity contribution < 1.29 is 17.6 Å². The van der Waals surface area contributed by atoms with E-state index in [4.69, 9.17) is 0 Å². The first-order valence-electron chi connectivity index (χ1n) is 4.77. The third kappa shape index (κ3) is 2.00. The minimum absolute atomic E-state index is 0.0705. The second-order valence-electron chi connectivity index (χ2n) is 3.51. The first-order valence-corrected chi connectivity index (χ1v) is 4.77. The lowest BCUT2D eigenvalue weighted by Crippen LogP contribution is -2.00. The van der Waals surface area contributed by atoms with Gasteiger partial charge in [-0.15, -0.1) is 0 Å². The number of nitrogens with zero attached hydrogens (tertiary/aromatic N) is 1. The molecular weight excluding hydrogens is 234 g/mol. The monoisotopic (exact) mass is 241 g/mol. The van der Waals surface area contributed by atoms with E-state index in [1.807, 2.05) is 0 Å². The van der Waals surface area contributed by atoms with E-state index >= 15 is 0 Å². The Morgan fingerprint density at radius 2 is 1.65 bits per heavy atom. The molecule has 0 saturated heterocycles. The summed E-state index contributed by atoms with van der Waals surface area (Å²) in [6, 6.07) is 4.78. The largest absolute Gasteiger partial charge is 0.253 e. The molecule has 0 aliphatic rings. The second-order valence-corrected chi connectivity index (χ2v) is 3.51. The molecule has 5 heteroatoms. The van der Waals surface area contributed by atoms with Crippen molar-refractivity contribution in [2.75, 3.05) is 0 Å². The van der Waals surface area contributed by atoms with Gasteiger partial charge in [0.1, 0.15) is 5.82 Å². The summed E-state index contributed by atoms with van der Waals surface area (Å²) in [6.45, 7) is 1.62. The molecule has 0 amide bonds. The Kier molecular flexibility index (Phi) is 2.83. The Labute approximate surface area is 94.7 Å². The van der Waals surface area contributed by atoms with Gasteiger partial charge in [-0.1, -0.05) is 6.07 Å². The summed E-state index contributed by atoms with van der Waals surface area (Å²) in [7, 11) is 0. The van der Waals surface area contributed by atoms with Gasteiger partial charge in [-0.3, -0.25) is 4.98 Å². The van der Waals surface area contributed by atoms with Crippen LogP contribution >= 0.6 is 0 Å². The number of halogens is 4. The number of aryl methyl sites for hydroxylation is 1. The molecule has 0 N–H and O–H groups in total. The molecule has 1 heterocycles. The molecule has 0 atom stereocenters. The van der Waals surface area contributed by atoms with Crippen molar-refractivity contribution >= 4 is 0 Å². The van der Waals surface area contributed by atoms with Gasteiger partial charge in [0, 0.05) is 11.8 Å². The highest BCUT2D eigenvalue weighted by atomic mass is 19.2. The molecule has 0 aliphatic heterocycles. The van der Waals surface area contributed by atoms with Crippen molar-refractivity contribution in [3.05, 3.63) is 53.2 Å². The molecule has 88 valence electrons. The van der Waals surface area contributed by atoms with Gasteiger partial charge in [-0.2, -0.15) is 0 Å². The van der Waals surface area contributed by atoms with Gasteiger partial charge in [0.2, 0.25) is 0 Å². The highest BCUT2D eigenvalue weighted by Gasteiger charge is 2.20. The van der Waals surface area contributed by atoms with Crippen LogP contribution in [-0.2, 0) is 0 Å². The summed E-state index contributed by atoms with van der Waals surface area (Å²) in [5.41, 5.74) is -0.211. The van der Waals surface area contributed by atoms with Gasteiger partial charge in [0.25, 0.3) is 0 Å². The average Bonchev–Trinajstić information content (AvgIpc) is 2.26. The Morgan fingerprint density at radius 1 is 0.941 bits per heavy atom. The number of hydrogen-bond acceptors (Lipinski definition) is 1. The van der Waals surface area contributed by atoms with Gasteiger partial charge < -0.3 is 0 Å². The summed E-state index contributed by atoms with van der Waals surface area (Å²) >= 11 is 0. The molecule has 2 aromatic rings. The summed E-state index contributed by atoms with van der Waals surface area (Å²) in [6.07, 6.45) is 0. The summed E-state index contributed by atoms with van der Waals surface area (Å²) in [5.74, 6) is -6.01. The van der Waals surface area contributed by atoms with E-state index in [9.17, 15) is 17.6 Å². The van der Waals surface area contributed by atoms with Crippen molar-refractivity contribution in [1.29, 1.82) is 0 Å². The molecule has 0 bridgehead atoms. The Hall–Kier alpha value is -1.91. The van der Waals surface area contributed by atoms with E-state index in [1.54, 1.807) is 13.0 Å². The Balaban J connectivity index is 2.72. The van der Waals surface area contributed by atoms with Gasteiger partial charge in [0.05, 0.1) is 11.3 Å². The quantitative estimate of drug-likeness (QED) is 0.422. The number of hydrogen-bond donors (Lipinski definition) is 0. The zero-order valence-corrected chi connectivity index (χ0v) is 8.77. The van der Waals surface area contributed by atoms with E-state index < -0.39 is 28.8 Å². The van der Waals surface area contributed by atoms with Crippen molar-refractivity contribution in [3.8, 4) is 11.3 Å². The highest BCUT2D eigenvalue weighted by Crippen LogP contribution is 2.27. The first-order chi connectivity index (χ1) is 8.00. The predicted octanol–water partition coefficient (Wildman–Crippen LogP) is 3.61. The van der Waals surface area contributed by atoms with Crippen LogP contribution in [0.3, 0.4) is 0 Å². The molecule has 0 saturated carbocycles. The minimum Gasteiger partial charge on any atom is -0.253 e. The van der Waals surface area contributed by atoms with Crippen LogP contribution in [0.5, 0.6) is 0 Å². The van der Waals surface area contributed by atoms with Crippen LogP contribution < -0.4 is 0 Å². The summed E-state index contributed by atoms with van der Waals surface area (Å²) in [4.78, 5) is 3.87. The van der Waals surface area contributed by atoms with Crippen LogP contribution in [-0.4, -0.2) is 4.98 Å². The van der Waals surface area contributed by atoms with Crippen LogP contribution in [0.25, 0.3) is 11.3 Å².